The molecule has 0 aliphatic rings. The summed E-state index contributed by atoms with van der Waals surface area (Å²) in [5, 5.41) is 0. The Morgan fingerprint density at radius 3 is 2.17 bits per heavy atom. The summed E-state index contributed by atoms with van der Waals surface area (Å²) in [5.74, 6) is -1.03. The van der Waals surface area contributed by atoms with Crippen LogP contribution in [0.15, 0.2) is 12.2 Å². The van der Waals surface area contributed by atoms with Gasteiger partial charge in [-0.05, 0) is 6.92 Å². The fourth-order valence-electron chi connectivity index (χ4n) is 0.271. The monoisotopic (exact) mass is 188 g/mol. The number of rotatable bonds is 2. The number of carbonyl (C=O) groups is 1. The van der Waals surface area contributed by atoms with Crippen LogP contribution in [0.2, 0.25) is 0 Å². The lowest BCUT2D eigenvalue weighted by molar-refractivity contribution is -0.183. The SMILES string of the molecule is C=C(C)C(=O)OCC(F)(F)F.F. The van der Waals surface area contributed by atoms with Crippen molar-refractivity contribution in [3.63, 3.8) is 0 Å². The lowest BCUT2D eigenvalue weighted by atomic mass is 10.4. The zero-order valence-electron chi connectivity index (χ0n) is 6.27. The van der Waals surface area contributed by atoms with E-state index in [1.165, 1.54) is 6.92 Å². The quantitative estimate of drug-likeness (QED) is 0.375. The first kappa shape index (κ1) is 13.5. The van der Waals surface area contributed by atoms with Crippen LogP contribution in [0.25, 0.3) is 0 Å². The van der Waals surface area contributed by atoms with E-state index in [9.17, 15) is 18.0 Å². The number of hydrogen-bond acceptors (Lipinski definition) is 2. The van der Waals surface area contributed by atoms with Crippen LogP contribution >= 0.6 is 0 Å². The van der Waals surface area contributed by atoms with Gasteiger partial charge in [0.05, 0.1) is 0 Å². The summed E-state index contributed by atoms with van der Waals surface area (Å²) in [5.41, 5.74) is -0.0470. The zero-order valence-corrected chi connectivity index (χ0v) is 6.27. The third kappa shape index (κ3) is 7.04. The van der Waals surface area contributed by atoms with E-state index in [-0.39, 0.29) is 10.3 Å². The largest absolute Gasteiger partial charge is 0.453 e. The van der Waals surface area contributed by atoms with E-state index in [0.717, 1.165) is 0 Å². The molecule has 0 bridgehead atoms. The fraction of sp³-hybridized carbons (Fsp3) is 0.500. The van der Waals surface area contributed by atoms with Crippen LogP contribution in [0.3, 0.4) is 0 Å². The molecule has 0 aromatic rings. The minimum absolute atomic E-state index is 0. The molecule has 0 atom stereocenters. The number of esters is 1. The van der Waals surface area contributed by atoms with Crippen LogP contribution in [0.4, 0.5) is 17.9 Å². The van der Waals surface area contributed by atoms with Gasteiger partial charge in [0.15, 0.2) is 6.61 Å². The maximum atomic E-state index is 11.4. The molecular weight excluding hydrogens is 180 g/mol. The second-order valence-electron chi connectivity index (χ2n) is 1.97. The van der Waals surface area contributed by atoms with Crippen LogP contribution < -0.4 is 0 Å². The summed E-state index contributed by atoms with van der Waals surface area (Å²) in [7, 11) is 0. The molecule has 0 spiro atoms. The molecule has 0 aromatic carbocycles. The Morgan fingerprint density at radius 2 is 1.92 bits per heavy atom. The minimum Gasteiger partial charge on any atom is -0.453 e. The topological polar surface area (TPSA) is 26.3 Å². The fourth-order valence-corrected chi connectivity index (χ4v) is 0.271. The van der Waals surface area contributed by atoms with Gasteiger partial charge in [0.25, 0.3) is 0 Å². The van der Waals surface area contributed by atoms with Crippen LogP contribution in [-0.2, 0) is 9.53 Å². The molecule has 0 fully saturated rings. The highest BCUT2D eigenvalue weighted by Crippen LogP contribution is 2.14. The Bertz CT molecular complexity index is 173. The van der Waals surface area contributed by atoms with Crippen LogP contribution in [-0.4, -0.2) is 18.8 Å². The highest BCUT2D eigenvalue weighted by molar-refractivity contribution is 5.86. The molecule has 72 valence electrons. The molecule has 0 unspecified atom stereocenters. The van der Waals surface area contributed by atoms with Crippen molar-refractivity contribution in [2.75, 3.05) is 6.61 Å². The molecule has 0 heterocycles. The molecule has 0 aliphatic heterocycles. The smallest absolute Gasteiger partial charge is 0.422 e. The number of alkyl halides is 3. The molecule has 0 aliphatic carbocycles. The van der Waals surface area contributed by atoms with Crippen molar-refractivity contribution in [2.24, 2.45) is 0 Å². The number of carbonyl (C=O) groups excluding carboxylic acids is 1. The Morgan fingerprint density at radius 1 is 1.50 bits per heavy atom. The number of ether oxygens (including phenoxy) is 1. The standard InChI is InChI=1S/C6H7F3O2.FH/c1-4(2)5(10)11-3-6(7,8)9;/h1,3H2,2H3;1H. The van der Waals surface area contributed by atoms with Crippen LogP contribution in [0.1, 0.15) is 6.92 Å². The summed E-state index contributed by atoms with van der Waals surface area (Å²) in [6.07, 6.45) is -4.47. The van der Waals surface area contributed by atoms with Gasteiger partial charge >= 0.3 is 12.1 Å². The first-order valence-corrected chi connectivity index (χ1v) is 2.72. The minimum atomic E-state index is -4.47. The predicted octanol–water partition coefficient (Wildman–Crippen LogP) is 1.82. The Balaban J connectivity index is 0. The van der Waals surface area contributed by atoms with E-state index in [1.54, 1.807) is 0 Å². The van der Waals surface area contributed by atoms with Gasteiger partial charge in [0.1, 0.15) is 0 Å². The van der Waals surface area contributed by atoms with Crippen molar-refractivity contribution in [3.8, 4) is 0 Å². The van der Waals surface area contributed by atoms with Gasteiger partial charge < -0.3 is 4.74 Å². The Hall–Kier alpha value is -1.07. The molecule has 0 amide bonds. The van der Waals surface area contributed by atoms with Crippen LogP contribution in [0, 0.1) is 0 Å². The Kier molecular flexibility index (Phi) is 5.33. The molecule has 2 nitrogen and oxygen atoms in total. The molecule has 12 heavy (non-hydrogen) atoms. The van der Waals surface area contributed by atoms with Gasteiger partial charge in [0, 0.05) is 5.57 Å². The summed E-state index contributed by atoms with van der Waals surface area (Å²) in [4.78, 5) is 10.4. The van der Waals surface area contributed by atoms with E-state index in [1.807, 2.05) is 0 Å². The van der Waals surface area contributed by atoms with Crippen molar-refractivity contribution in [3.05, 3.63) is 12.2 Å². The van der Waals surface area contributed by atoms with Crippen molar-refractivity contribution in [1.82, 2.24) is 0 Å². The Labute approximate surface area is 66.4 Å². The number of hydrogen-bond donors (Lipinski definition) is 0. The van der Waals surface area contributed by atoms with E-state index in [2.05, 4.69) is 11.3 Å². The molecular formula is C6H8F4O2. The van der Waals surface area contributed by atoms with Gasteiger partial charge in [-0.3, -0.25) is 4.70 Å². The van der Waals surface area contributed by atoms with Crippen molar-refractivity contribution < 1.29 is 27.4 Å². The maximum absolute atomic E-state index is 11.4. The van der Waals surface area contributed by atoms with Crippen molar-refractivity contribution in [1.29, 1.82) is 0 Å². The van der Waals surface area contributed by atoms with Crippen LogP contribution in [0.5, 0.6) is 0 Å². The molecule has 0 rings (SSSR count). The van der Waals surface area contributed by atoms with Gasteiger partial charge in [-0.2, -0.15) is 13.2 Å². The van der Waals surface area contributed by atoms with E-state index in [4.69, 9.17) is 0 Å². The highest BCUT2D eigenvalue weighted by atomic mass is 19.4. The molecule has 0 N–H and O–H groups in total. The lowest BCUT2D eigenvalue weighted by Gasteiger charge is -2.06. The second-order valence-corrected chi connectivity index (χ2v) is 1.97. The maximum Gasteiger partial charge on any atom is 0.422 e. The molecule has 6 heteroatoms. The van der Waals surface area contributed by atoms with Crippen molar-refractivity contribution >= 4 is 5.97 Å². The lowest BCUT2D eigenvalue weighted by Crippen LogP contribution is -2.20. The predicted molar refractivity (Wildman–Crippen MR) is 34.3 cm³/mol. The highest BCUT2D eigenvalue weighted by Gasteiger charge is 2.29. The zero-order chi connectivity index (χ0) is 9.07. The average molecular weight is 188 g/mol. The molecule has 0 radical (unpaired) electrons. The molecule has 0 saturated carbocycles. The normalized spacial score (nSPS) is 10.0. The van der Waals surface area contributed by atoms with E-state index in [0.29, 0.717) is 0 Å². The summed E-state index contributed by atoms with van der Waals surface area (Å²) >= 11 is 0. The first-order valence-electron chi connectivity index (χ1n) is 2.72. The van der Waals surface area contributed by atoms with E-state index >= 15 is 0 Å². The van der Waals surface area contributed by atoms with Crippen molar-refractivity contribution in [2.45, 2.75) is 13.1 Å². The molecule has 0 saturated heterocycles. The average Bonchev–Trinajstić information content (AvgIpc) is 1.80. The second kappa shape index (κ2) is 4.74. The van der Waals surface area contributed by atoms with Gasteiger partial charge in [-0.15, -0.1) is 0 Å². The third-order valence-corrected chi connectivity index (χ3v) is 0.715. The van der Waals surface area contributed by atoms with Gasteiger partial charge in [-0.25, -0.2) is 4.79 Å². The number of halogens is 4. The summed E-state index contributed by atoms with van der Waals surface area (Å²) < 4.78 is 37.9. The molecule has 0 aromatic heterocycles. The first-order chi connectivity index (χ1) is 4.83. The third-order valence-electron chi connectivity index (χ3n) is 0.715. The summed E-state index contributed by atoms with van der Waals surface area (Å²) in [6, 6.07) is 0. The van der Waals surface area contributed by atoms with E-state index < -0.39 is 18.8 Å². The van der Waals surface area contributed by atoms with Gasteiger partial charge in [0.2, 0.25) is 0 Å². The van der Waals surface area contributed by atoms with Gasteiger partial charge in [-0.1, -0.05) is 6.58 Å². The summed E-state index contributed by atoms with van der Waals surface area (Å²) in [6.45, 7) is 2.83.